The lowest BCUT2D eigenvalue weighted by molar-refractivity contribution is -0.379. The molecule has 0 amide bonds. The molecule has 11 unspecified atom stereocenters. The molecule has 6 aliphatic rings. The monoisotopic (exact) mass is 936 g/mol. The van der Waals surface area contributed by atoms with E-state index in [0.717, 1.165) is 73.3 Å². The third-order valence-corrected chi connectivity index (χ3v) is 14.8. The Labute approximate surface area is 383 Å². The highest BCUT2D eigenvalue weighted by atomic mass is 16.8. The summed E-state index contributed by atoms with van der Waals surface area (Å²) in [5.74, 6) is -6.51. The van der Waals surface area contributed by atoms with Gasteiger partial charge in [-0.05, 0) is 86.5 Å². The Hall–Kier alpha value is -4.66. The summed E-state index contributed by atoms with van der Waals surface area (Å²) in [5.41, 5.74) is -1.82. The third-order valence-electron chi connectivity index (χ3n) is 14.8. The number of carbonyl (C=O) groups is 8. The highest BCUT2D eigenvalue weighted by Crippen LogP contribution is 2.73. The van der Waals surface area contributed by atoms with Crippen LogP contribution in [0.15, 0.2) is 12.2 Å². The number of carbonyl (C=O) groups excluding carboxylic acids is 7. The van der Waals surface area contributed by atoms with E-state index in [0.29, 0.717) is 38.5 Å². The van der Waals surface area contributed by atoms with Gasteiger partial charge in [-0.15, -0.1) is 0 Å². The Morgan fingerprint density at radius 3 is 1.56 bits per heavy atom. The minimum atomic E-state index is -1.83. The zero-order valence-corrected chi connectivity index (χ0v) is 39.1. The Morgan fingerprint density at radius 2 is 1.06 bits per heavy atom. The molecule has 2 aliphatic heterocycles. The van der Waals surface area contributed by atoms with Gasteiger partial charge in [0, 0.05) is 48.5 Å². The van der Waals surface area contributed by atoms with Crippen LogP contribution in [0.3, 0.4) is 0 Å². The number of carboxylic acids is 1. The Kier molecular flexibility index (Phi) is 15.0. The topological polar surface area (TPSA) is 258 Å². The number of ether oxygens (including phenoxy) is 11. The van der Waals surface area contributed by atoms with Gasteiger partial charge in [0.05, 0.1) is 11.0 Å². The van der Waals surface area contributed by atoms with Crippen LogP contribution >= 0.6 is 0 Å². The van der Waals surface area contributed by atoms with Gasteiger partial charge >= 0.3 is 47.8 Å². The predicted molar refractivity (Wildman–Crippen MR) is 221 cm³/mol. The molecule has 368 valence electrons. The van der Waals surface area contributed by atoms with Gasteiger partial charge in [-0.2, -0.15) is 0 Å². The minimum absolute atomic E-state index is 0.0417. The molecule has 20 nitrogen and oxygen atoms in total. The van der Waals surface area contributed by atoms with Gasteiger partial charge in [-0.1, -0.05) is 19.9 Å². The average molecular weight is 937 g/mol. The van der Waals surface area contributed by atoms with E-state index >= 15 is 0 Å². The first-order chi connectivity index (χ1) is 30.8. The van der Waals surface area contributed by atoms with E-state index in [2.05, 4.69) is 13.5 Å². The fourth-order valence-electron chi connectivity index (χ4n) is 12.6. The van der Waals surface area contributed by atoms with E-state index in [4.69, 9.17) is 52.1 Å². The number of rotatable bonds is 14. The third kappa shape index (κ3) is 10.1. The number of carboxylic acid groups (broad SMARTS) is 1. The van der Waals surface area contributed by atoms with Crippen molar-refractivity contribution < 1.29 is 95.6 Å². The first-order valence-electron chi connectivity index (χ1n) is 22.5. The van der Waals surface area contributed by atoms with Crippen molar-refractivity contribution >= 4 is 47.8 Å². The first kappa shape index (κ1) is 50.7. The number of esters is 7. The quantitative estimate of drug-likeness (QED) is 0.112. The second-order valence-electron chi connectivity index (χ2n) is 19.4. The maximum Gasteiger partial charge on any atom is 0.309 e. The second kappa shape index (κ2) is 19.5. The lowest BCUT2D eigenvalue weighted by Gasteiger charge is -2.64. The molecule has 66 heavy (non-hydrogen) atoms. The lowest BCUT2D eigenvalue weighted by Crippen LogP contribution is -2.68. The van der Waals surface area contributed by atoms with Crippen molar-refractivity contribution in [2.24, 2.45) is 28.1 Å². The minimum Gasteiger partial charge on any atom is -0.481 e. The molecule has 6 fully saturated rings. The summed E-state index contributed by atoms with van der Waals surface area (Å²) in [6, 6.07) is 0. The molecule has 0 aromatic carbocycles. The zero-order valence-electron chi connectivity index (χ0n) is 39.1. The zero-order chi connectivity index (χ0) is 48.7. The summed E-state index contributed by atoms with van der Waals surface area (Å²) < 4.78 is 65.9. The molecule has 4 aliphatic carbocycles. The lowest BCUT2D eigenvalue weighted by atomic mass is 9.41. The molecule has 0 aromatic rings. The summed E-state index contributed by atoms with van der Waals surface area (Å²) in [6.45, 7) is 15.3. The van der Waals surface area contributed by atoms with Gasteiger partial charge in [0.25, 0.3) is 0 Å². The van der Waals surface area contributed by atoms with Crippen molar-refractivity contribution in [2.75, 3.05) is 13.2 Å². The van der Waals surface area contributed by atoms with Crippen LogP contribution in [0.1, 0.15) is 120 Å². The van der Waals surface area contributed by atoms with Crippen LogP contribution in [0.5, 0.6) is 0 Å². The largest absolute Gasteiger partial charge is 0.481 e. The average Bonchev–Trinajstić information content (AvgIpc) is 3.39. The van der Waals surface area contributed by atoms with Crippen LogP contribution in [0, 0.1) is 28.1 Å². The first-order valence-corrected chi connectivity index (χ1v) is 22.5. The van der Waals surface area contributed by atoms with E-state index in [9.17, 15) is 43.5 Å². The molecular weight excluding hydrogens is 872 g/mol. The molecule has 2 saturated heterocycles. The standard InChI is InChI=1S/C46H64O20/c1-22-18-45-16-12-32-43(9,14-11-15-44(32,10)42(54)55)33(45)13-17-46(22,21-45)66-41-39(37(61-28(7)52)35(59-26(5)50)31(64-41)20-57-24(3)48)65-40-38(62-29(8)53)36(60-27(6)51)34(58-25(4)49)30(63-40)19-56-23(2)47/h30-41H,1,11-21H2,2-10H3,(H,54,55)/t30?,31?,32-,33-,34?,35?,36?,37?,38?,39?,40?,41?,43+,44+,45?,46-/m0/s1. The van der Waals surface area contributed by atoms with E-state index in [-0.39, 0.29) is 22.7 Å². The molecule has 16 atom stereocenters. The van der Waals surface area contributed by atoms with E-state index in [1.807, 2.05) is 6.92 Å². The predicted octanol–water partition coefficient (Wildman–Crippen LogP) is 3.80. The number of aliphatic carboxylic acids is 1. The Morgan fingerprint density at radius 1 is 0.591 bits per heavy atom. The van der Waals surface area contributed by atoms with Crippen molar-refractivity contribution in [3.63, 3.8) is 0 Å². The van der Waals surface area contributed by atoms with Crippen molar-refractivity contribution in [3.05, 3.63) is 12.2 Å². The van der Waals surface area contributed by atoms with Crippen LogP contribution in [-0.2, 0) is 90.5 Å². The summed E-state index contributed by atoms with van der Waals surface area (Å²) in [7, 11) is 0. The van der Waals surface area contributed by atoms with Crippen molar-refractivity contribution in [1.29, 1.82) is 0 Å². The molecule has 1 N–H and O–H groups in total. The Balaban J connectivity index is 1.44. The fourth-order valence-corrected chi connectivity index (χ4v) is 12.6. The summed E-state index contributed by atoms with van der Waals surface area (Å²) in [5, 5.41) is 10.5. The molecular formula is C46H64O20. The van der Waals surface area contributed by atoms with E-state index in [1.54, 1.807) is 0 Å². The van der Waals surface area contributed by atoms with Crippen molar-refractivity contribution in [1.82, 2.24) is 0 Å². The molecule has 6 rings (SSSR count). The van der Waals surface area contributed by atoms with E-state index in [1.165, 1.54) is 0 Å². The van der Waals surface area contributed by atoms with Gasteiger partial charge in [0.15, 0.2) is 49.2 Å². The smallest absolute Gasteiger partial charge is 0.309 e. The molecule has 20 heteroatoms. The maximum absolute atomic E-state index is 13.1. The van der Waals surface area contributed by atoms with Crippen LogP contribution in [0.4, 0.5) is 0 Å². The summed E-state index contributed by atoms with van der Waals surface area (Å²) >= 11 is 0. The SMILES string of the molecule is C=C1CC23CC[C@H]4[C@@](C)(CCC[C@@]4(C)C(=O)O)[C@@H]2CC[C@]1(OC1OC(COC(C)=O)C(OC(C)=O)C(OC(C)=O)C1OC1OC(COC(C)=O)C(OC(C)=O)C(OC(C)=O)C1OC(C)=O)C3. The molecule has 0 aromatic heterocycles. The normalized spacial score (nSPS) is 40.3. The molecule has 0 radical (unpaired) electrons. The molecule has 4 saturated carbocycles. The summed E-state index contributed by atoms with van der Waals surface area (Å²) in [4.78, 5) is 101. The number of hydrogen-bond acceptors (Lipinski definition) is 19. The van der Waals surface area contributed by atoms with Crippen molar-refractivity contribution in [3.8, 4) is 0 Å². The van der Waals surface area contributed by atoms with Crippen LogP contribution in [0.2, 0.25) is 0 Å². The van der Waals surface area contributed by atoms with Crippen LogP contribution in [0.25, 0.3) is 0 Å². The van der Waals surface area contributed by atoms with E-state index < -0.39 is 133 Å². The van der Waals surface area contributed by atoms with Gasteiger partial charge in [0.2, 0.25) is 0 Å². The van der Waals surface area contributed by atoms with Gasteiger partial charge < -0.3 is 57.2 Å². The van der Waals surface area contributed by atoms with Crippen LogP contribution in [-0.4, -0.2) is 133 Å². The highest BCUT2D eigenvalue weighted by Gasteiger charge is 2.69. The van der Waals surface area contributed by atoms with Crippen LogP contribution < -0.4 is 0 Å². The molecule has 2 heterocycles. The maximum atomic E-state index is 13.1. The summed E-state index contributed by atoms with van der Waals surface area (Å²) in [6.07, 6.45) is -10.1. The van der Waals surface area contributed by atoms with Gasteiger partial charge in [-0.3, -0.25) is 38.4 Å². The molecule has 2 bridgehead atoms. The number of hydrogen-bond donors (Lipinski definition) is 1. The number of fused-ring (bicyclic) bond motifs is 3. The Bertz CT molecular complexity index is 1950. The van der Waals surface area contributed by atoms with Gasteiger partial charge in [0.1, 0.15) is 25.4 Å². The molecule has 1 spiro atoms. The fraction of sp³-hybridized carbons (Fsp3) is 0.783. The highest BCUT2D eigenvalue weighted by molar-refractivity contribution is 5.75. The van der Waals surface area contributed by atoms with Crippen molar-refractivity contribution in [2.45, 2.75) is 187 Å². The second-order valence-corrected chi connectivity index (χ2v) is 19.4. The van der Waals surface area contributed by atoms with Gasteiger partial charge in [-0.25, -0.2) is 0 Å².